The highest BCUT2D eigenvalue weighted by Gasteiger charge is 2.61. The van der Waals surface area contributed by atoms with Crippen molar-refractivity contribution >= 4 is 27.0 Å². The number of benzene rings is 3. The van der Waals surface area contributed by atoms with Gasteiger partial charge in [0.15, 0.2) is 26.1 Å². The highest BCUT2D eigenvalue weighted by Crippen LogP contribution is 2.47. The number of alkyl halides is 5. The molecule has 3 aromatic rings. The van der Waals surface area contributed by atoms with Crippen LogP contribution >= 0.6 is 0 Å². The van der Waals surface area contributed by atoms with Crippen molar-refractivity contribution in [2.75, 3.05) is 6.61 Å². The van der Waals surface area contributed by atoms with E-state index in [9.17, 15) is 35.2 Å². The highest BCUT2D eigenvalue weighted by molar-refractivity contribution is 7.97. The Hall–Kier alpha value is -3.04. The Morgan fingerprint density at radius 1 is 0.900 bits per heavy atom. The Balaban J connectivity index is 1.68. The van der Waals surface area contributed by atoms with Gasteiger partial charge in [0.05, 0.1) is 17.5 Å². The lowest BCUT2D eigenvalue weighted by Gasteiger charge is -2.29. The summed E-state index contributed by atoms with van der Waals surface area (Å²) in [7, 11) is -6.93. The minimum absolute atomic E-state index is 0.337. The van der Waals surface area contributed by atoms with Gasteiger partial charge < -0.3 is 14.2 Å². The lowest BCUT2D eigenvalue weighted by molar-refractivity contribution is -0.283. The summed E-state index contributed by atoms with van der Waals surface area (Å²) in [4.78, 5) is 13.7. The monoisotopic (exact) mass is 605 g/mol. The van der Waals surface area contributed by atoms with E-state index in [1.54, 1.807) is 42.5 Å². The third-order valence-corrected chi connectivity index (χ3v) is 9.07. The van der Waals surface area contributed by atoms with Crippen LogP contribution < -0.4 is 4.74 Å². The Labute approximate surface area is 229 Å². The normalized spacial score (nSPS) is 22.6. The molecule has 1 aliphatic rings. The van der Waals surface area contributed by atoms with Crippen molar-refractivity contribution in [2.24, 2.45) is 0 Å². The van der Waals surface area contributed by atoms with Gasteiger partial charge in [-0.05, 0) is 56.3 Å². The van der Waals surface area contributed by atoms with Crippen LogP contribution in [0.5, 0.6) is 5.75 Å². The van der Waals surface area contributed by atoms with Crippen LogP contribution in [0.15, 0.2) is 93.5 Å². The van der Waals surface area contributed by atoms with E-state index in [2.05, 4.69) is 4.74 Å². The first-order valence-electron chi connectivity index (χ1n) is 11.4. The Bertz CT molecular complexity index is 1500. The van der Waals surface area contributed by atoms with Gasteiger partial charge >= 0.3 is 27.5 Å². The topological polar surface area (TPSA) is 99.1 Å². The zero-order valence-corrected chi connectivity index (χ0v) is 22.4. The van der Waals surface area contributed by atoms with E-state index in [0.29, 0.717) is 15.4 Å². The van der Waals surface area contributed by atoms with Crippen LogP contribution in [0, 0.1) is 0 Å². The molecule has 0 bridgehead atoms. The van der Waals surface area contributed by atoms with Gasteiger partial charge in [0.1, 0.15) is 5.75 Å². The molecular formula is C26H22F5O7S2+. The molecule has 40 heavy (non-hydrogen) atoms. The van der Waals surface area contributed by atoms with Gasteiger partial charge in [-0.2, -0.15) is 30.4 Å². The first-order chi connectivity index (χ1) is 18.5. The lowest BCUT2D eigenvalue weighted by Crippen LogP contribution is -2.45. The van der Waals surface area contributed by atoms with Crippen molar-refractivity contribution in [3.63, 3.8) is 0 Å². The SMILES string of the molecule is CC1(c2cccc([S+](c3ccccc3)c3ccc(OC(=O)C(F)(F)S(=O)(=O)O)cc3)c2)OCC(C)(C(F)(F)F)O1. The third-order valence-electron chi connectivity index (χ3n) is 6.05. The summed E-state index contributed by atoms with van der Waals surface area (Å²) in [6, 6.07) is 20.9. The number of ether oxygens (including phenoxy) is 3. The maximum Gasteiger partial charge on any atom is 0.466 e. The van der Waals surface area contributed by atoms with Crippen LogP contribution in [-0.2, 0) is 41.1 Å². The van der Waals surface area contributed by atoms with Crippen molar-refractivity contribution in [3.8, 4) is 5.75 Å². The second kappa shape index (κ2) is 10.4. The van der Waals surface area contributed by atoms with Crippen molar-refractivity contribution in [2.45, 2.75) is 51.4 Å². The fourth-order valence-electron chi connectivity index (χ4n) is 3.83. The van der Waals surface area contributed by atoms with E-state index in [-0.39, 0.29) is 0 Å². The van der Waals surface area contributed by atoms with Crippen LogP contribution in [0.3, 0.4) is 0 Å². The number of hydrogen-bond acceptors (Lipinski definition) is 6. The first-order valence-corrected chi connectivity index (χ1v) is 14.1. The Morgan fingerprint density at radius 3 is 2.02 bits per heavy atom. The van der Waals surface area contributed by atoms with Gasteiger partial charge in [0, 0.05) is 11.6 Å². The number of carbonyl (C=O) groups is 1. The summed E-state index contributed by atoms with van der Waals surface area (Å²) in [5, 5.41) is -5.16. The van der Waals surface area contributed by atoms with Crippen molar-refractivity contribution in [1.82, 2.24) is 0 Å². The summed E-state index contributed by atoms with van der Waals surface area (Å²) in [5.41, 5.74) is -2.16. The molecule has 1 N–H and O–H groups in total. The first kappa shape index (κ1) is 29.9. The summed E-state index contributed by atoms with van der Waals surface area (Å²) in [5.74, 6) is -4.58. The van der Waals surface area contributed by atoms with Crippen LogP contribution in [0.25, 0.3) is 0 Å². The zero-order valence-electron chi connectivity index (χ0n) is 20.8. The van der Waals surface area contributed by atoms with E-state index < -0.39 is 62.2 Å². The molecule has 0 aromatic heterocycles. The molecule has 1 heterocycles. The van der Waals surface area contributed by atoms with Crippen LogP contribution in [0.1, 0.15) is 19.4 Å². The summed E-state index contributed by atoms with van der Waals surface area (Å²) in [6.45, 7) is 1.62. The predicted octanol–water partition coefficient (Wildman–Crippen LogP) is 5.71. The molecule has 7 nitrogen and oxygen atoms in total. The standard InChI is InChI=1S/C26H21F5O7S2/c1-23(26(29,30)31)16-36-24(2,38-23)17-7-6-10-21(15-17)39(19-8-4-3-5-9-19)20-13-11-18(12-14-20)37-22(32)25(27,28)40(33,34)35/h3-15H,16H2,1-2H3/p+1. The molecule has 0 spiro atoms. The number of esters is 1. The van der Waals surface area contributed by atoms with E-state index in [1.165, 1.54) is 31.2 Å². The highest BCUT2D eigenvalue weighted by atomic mass is 32.2. The van der Waals surface area contributed by atoms with Gasteiger partial charge in [-0.15, -0.1) is 0 Å². The molecule has 3 unspecified atom stereocenters. The number of halogens is 5. The van der Waals surface area contributed by atoms with Gasteiger partial charge in [-0.1, -0.05) is 30.3 Å². The molecule has 1 aliphatic heterocycles. The van der Waals surface area contributed by atoms with Gasteiger partial charge in [0.25, 0.3) is 0 Å². The summed E-state index contributed by atoms with van der Waals surface area (Å²) in [6.07, 6.45) is -4.66. The van der Waals surface area contributed by atoms with E-state index in [4.69, 9.17) is 14.0 Å². The third kappa shape index (κ3) is 5.72. The van der Waals surface area contributed by atoms with Gasteiger partial charge in [-0.25, -0.2) is 4.79 Å². The fourth-order valence-corrected chi connectivity index (χ4v) is 6.20. The van der Waals surface area contributed by atoms with Crippen molar-refractivity contribution < 1.29 is 53.9 Å². The summed E-state index contributed by atoms with van der Waals surface area (Å²) < 4.78 is 113. The molecule has 3 aromatic carbocycles. The molecule has 4 rings (SSSR count). The number of hydrogen-bond donors (Lipinski definition) is 1. The molecular weight excluding hydrogens is 583 g/mol. The molecule has 214 valence electrons. The molecule has 0 aliphatic carbocycles. The summed E-state index contributed by atoms with van der Waals surface area (Å²) >= 11 is 0. The second-order valence-electron chi connectivity index (χ2n) is 9.06. The van der Waals surface area contributed by atoms with Crippen molar-refractivity contribution in [1.29, 1.82) is 0 Å². The van der Waals surface area contributed by atoms with Gasteiger partial charge in [-0.3, -0.25) is 4.55 Å². The van der Waals surface area contributed by atoms with Crippen LogP contribution in [0.2, 0.25) is 0 Å². The quantitative estimate of drug-likeness (QED) is 0.121. The van der Waals surface area contributed by atoms with Crippen molar-refractivity contribution in [3.05, 3.63) is 84.4 Å². The smallest absolute Gasteiger partial charge is 0.421 e. The largest absolute Gasteiger partial charge is 0.466 e. The van der Waals surface area contributed by atoms with E-state index >= 15 is 0 Å². The number of carbonyl (C=O) groups excluding carboxylic acids is 1. The second-order valence-corrected chi connectivity index (χ2v) is 12.6. The molecule has 1 saturated heterocycles. The predicted molar refractivity (Wildman–Crippen MR) is 132 cm³/mol. The molecule has 0 saturated carbocycles. The average molecular weight is 606 g/mol. The zero-order chi connectivity index (χ0) is 29.6. The molecule has 0 amide bonds. The molecule has 1 fully saturated rings. The Kier molecular flexibility index (Phi) is 7.79. The fraction of sp³-hybridized carbons (Fsp3) is 0.269. The minimum Gasteiger partial charge on any atom is -0.421 e. The van der Waals surface area contributed by atoms with E-state index in [1.807, 2.05) is 12.1 Å². The lowest BCUT2D eigenvalue weighted by atomic mass is 10.1. The maximum absolute atomic E-state index is 13.6. The van der Waals surface area contributed by atoms with Crippen LogP contribution in [0.4, 0.5) is 22.0 Å². The molecule has 3 atom stereocenters. The van der Waals surface area contributed by atoms with Gasteiger partial charge in [0.2, 0.25) is 0 Å². The minimum atomic E-state index is -6.04. The Morgan fingerprint density at radius 2 is 1.48 bits per heavy atom. The average Bonchev–Trinajstić information content (AvgIpc) is 3.22. The van der Waals surface area contributed by atoms with E-state index in [0.717, 1.165) is 11.8 Å². The maximum atomic E-state index is 13.6. The van der Waals surface area contributed by atoms with Crippen LogP contribution in [-0.4, -0.2) is 42.6 Å². The number of rotatable bonds is 7. The molecule has 0 radical (unpaired) electrons. The molecule has 14 heteroatoms.